The van der Waals surface area contributed by atoms with Crippen LogP contribution in [0.4, 0.5) is 0 Å². The Hall–Kier alpha value is 0.707. The zero-order chi connectivity index (χ0) is 5.21. The summed E-state index contributed by atoms with van der Waals surface area (Å²) in [6.45, 7) is 0. The van der Waals surface area contributed by atoms with Crippen LogP contribution in [0.2, 0.25) is 0 Å². The third-order valence-corrected chi connectivity index (χ3v) is 0.412. The summed E-state index contributed by atoms with van der Waals surface area (Å²) in [5.74, 6) is 0. The van der Waals surface area contributed by atoms with E-state index in [2.05, 4.69) is 12.5 Å². The van der Waals surface area contributed by atoms with Gasteiger partial charge in [0, 0.05) is 0 Å². The molecule has 0 unspecified atom stereocenters. The Morgan fingerprint density at radius 2 is 1.71 bits per heavy atom. The number of hydrogen-bond acceptors (Lipinski definition) is 2. The first-order valence-electron chi connectivity index (χ1n) is 1.00. The van der Waals surface area contributed by atoms with Gasteiger partial charge < -0.3 is 14.2 Å². The average molecular weight is 138 g/mol. The molecule has 0 aliphatic heterocycles. The molecule has 0 saturated heterocycles. The summed E-state index contributed by atoms with van der Waals surface area (Å²) in [6.07, 6.45) is 0. The second-order valence-corrected chi connectivity index (χ2v) is 1.79. The van der Waals surface area contributed by atoms with Gasteiger partial charge in [-0.15, -0.1) is 0 Å². The van der Waals surface area contributed by atoms with E-state index < -0.39 is 7.82 Å². The molecule has 7 heavy (non-hydrogen) atoms. The summed E-state index contributed by atoms with van der Waals surface area (Å²) < 4.78 is 12.5. The number of phosphoric acid groups is 1. The topological polar surface area (TPSA) is 66.8 Å². The van der Waals surface area contributed by atoms with E-state index in [4.69, 9.17) is 9.79 Å². The van der Waals surface area contributed by atoms with Crippen molar-refractivity contribution in [2.75, 3.05) is 0 Å². The molecule has 0 rings (SSSR count). The standard InChI is InChI=1S/Al.BH2O4P.3H/c;1-5-6(2,3)4;;;/h;(H2,2,3,4);;;. The van der Waals surface area contributed by atoms with Gasteiger partial charge in [-0.1, -0.05) is 0 Å². The highest BCUT2D eigenvalue weighted by Gasteiger charge is 2.06. The minimum absolute atomic E-state index is 0. The lowest BCUT2D eigenvalue weighted by Gasteiger charge is -1.94. The summed E-state index contributed by atoms with van der Waals surface area (Å²) in [4.78, 5) is 15.2. The molecule has 0 aliphatic rings. The van der Waals surface area contributed by atoms with Gasteiger partial charge >= 0.3 is 7.82 Å². The fraction of sp³-hybridized carbons (Fsp3) is 0. The fourth-order valence-electron chi connectivity index (χ4n) is 0. The van der Waals surface area contributed by atoms with E-state index in [-0.39, 0.29) is 17.4 Å². The van der Waals surface area contributed by atoms with Crippen molar-refractivity contribution in [3.05, 3.63) is 0 Å². The van der Waals surface area contributed by atoms with Crippen molar-refractivity contribution in [2.45, 2.75) is 0 Å². The van der Waals surface area contributed by atoms with Crippen molar-refractivity contribution in [3.8, 4) is 0 Å². The SMILES string of the molecule is [AlH3].[B]OP(=O)(O)O. The summed E-state index contributed by atoms with van der Waals surface area (Å²) in [7, 11) is -0.326. The van der Waals surface area contributed by atoms with E-state index in [0.29, 0.717) is 0 Å². The van der Waals surface area contributed by atoms with Crippen LogP contribution in [0.15, 0.2) is 0 Å². The van der Waals surface area contributed by atoms with Gasteiger partial charge in [0.2, 0.25) is 0 Å². The van der Waals surface area contributed by atoms with Crippen molar-refractivity contribution in [3.63, 3.8) is 0 Å². The highest BCUT2D eigenvalue weighted by atomic mass is 31.2. The highest BCUT2D eigenvalue weighted by molar-refractivity contribution is 7.47. The van der Waals surface area contributed by atoms with Crippen LogP contribution in [0, 0.1) is 0 Å². The van der Waals surface area contributed by atoms with Gasteiger partial charge in [0.1, 0.15) is 0 Å². The lowest BCUT2D eigenvalue weighted by molar-refractivity contribution is 0.292. The molecule has 0 aromatic heterocycles. The normalized spacial score (nSPS) is 10.0. The molecule has 0 amide bonds. The second-order valence-electron chi connectivity index (χ2n) is 0.596. The van der Waals surface area contributed by atoms with Crippen LogP contribution in [-0.4, -0.2) is 35.2 Å². The predicted molar refractivity (Wildman–Crippen MR) is 28.8 cm³/mol. The molecule has 0 saturated carbocycles. The third-order valence-electron chi connectivity index (χ3n) is 0.137. The third kappa shape index (κ3) is 10.8. The quantitative estimate of drug-likeness (QED) is 0.324. The molecule has 0 aromatic carbocycles. The highest BCUT2D eigenvalue weighted by Crippen LogP contribution is 2.33. The van der Waals surface area contributed by atoms with Gasteiger partial charge in [0.05, 0.1) is 0 Å². The summed E-state index contributed by atoms with van der Waals surface area (Å²) in [6, 6.07) is 0. The first-order chi connectivity index (χ1) is 2.56. The summed E-state index contributed by atoms with van der Waals surface area (Å²) >= 11 is 0. The first-order valence-corrected chi connectivity index (χ1v) is 2.53. The van der Waals surface area contributed by atoms with Gasteiger partial charge in [-0.25, -0.2) is 4.57 Å². The molecule has 0 aromatic rings. The van der Waals surface area contributed by atoms with Crippen LogP contribution in [0.3, 0.4) is 0 Å². The van der Waals surface area contributed by atoms with E-state index in [9.17, 15) is 4.57 Å². The van der Waals surface area contributed by atoms with Gasteiger partial charge in [-0.05, 0) is 0 Å². The fourth-order valence-corrected chi connectivity index (χ4v) is 0. The zero-order valence-corrected chi connectivity index (χ0v) is 3.63. The smallest absolute Gasteiger partial charge is 0.362 e. The molecule has 40 valence electrons. The minimum atomic E-state index is -4.37. The molecule has 2 N–H and O–H groups in total. The maximum absolute atomic E-state index is 9.35. The molecule has 0 heterocycles. The predicted octanol–water partition coefficient (Wildman–Crippen LogP) is -2.00. The molecule has 4 nitrogen and oxygen atoms in total. The van der Waals surface area contributed by atoms with E-state index >= 15 is 0 Å². The Bertz CT molecular complexity index is 75.8. The Kier molecular flexibility index (Phi) is 5.59. The van der Waals surface area contributed by atoms with E-state index in [0.717, 1.165) is 0 Å². The van der Waals surface area contributed by atoms with Crippen LogP contribution in [0.25, 0.3) is 0 Å². The van der Waals surface area contributed by atoms with Gasteiger partial charge in [-0.3, -0.25) is 0 Å². The molecule has 2 radical (unpaired) electrons. The van der Waals surface area contributed by atoms with Crippen LogP contribution in [-0.2, 0) is 9.01 Å². The molecule has 0 atom stereocenters. The lowest BCUT2D eigenvalue weighted by atomic mass is 10.6. The molecular formula is H5AlBO4P. The Morgan fingerprint density at radius 1 is 1.57 bits per heavy atom. The molecule has 7 heteroatoms. The minimum Gasteiger partial charge on any atom is -0.362 e. The first kappa shape index (κ1) is 10.6. The van der Waals surface area contributed by atoms with Crippen molar-refractivity contribution >= 4 is 33.2 Å². The van der Waals surface area contributed by atoms with Crippen molar-refractivity contribution in [1.82, 2.24) is 0 Å². The van der Waals surface area contributed by atoms with Crippen LogP contribution >= 0.6 is 7.82 Å². The molecule has 0 spiro atoms. The van der Waals surface area contributed by atoms with Crippen molar-refractivity contribution in [1.29, 1.82) is 0 Å². The zero-order valence-electron chi connectivity index (χ0n) is 2.74. The molecule has 0 aliphatic carbocycles. The summed E-state index contributed by atoms with van der Waals surface area (Å²) in [5.41, 5.74) is 0. The van der Waals surface area contributed by atoms with E-state index in [1.165, 1.54) is 0 Å². The van der Waals surface area contributed by atoms with Crippen LogP contribution in [0.1, 0.15) is 0 Å². The Balaban J connectivity index is 0. The van der Waals surface area contributed by atoms with Crippen LogP contribution in [0.5, 0.6) is 0 Å². The molecule has 0 bridgehead atoms. The molecule has 0 fully saturated rings. The Morgan fingerprint density at radius 3 is 1.71 bits per heavy atom. The van der Waals surface area contributed by atoms with Crippen molar-refractivity contribution < 1.29 is 18.8 Å². The van der Waals surface area contributed by atoms with Gasteiger partial charge in [0.25, 0.3) is 8.05 Å². The van der Waals surface area contributed by atoms with Gasteiger partial charge in [0.15, 0.2) is 17.4 Å². The largest absolute Gasteiger partial charge is 0.454 e. The number of hydrogen-bond donors (Lipinski definition) is 2. The van der Waals surface area contributed by atoms with Crippen LogP contribution < -0.4 is 0 Å². The van der Waals surface area contributed by atoms with Gasteiger partial charge in [-0.2, -0.15) is 0 Å². The second kappa shape index (κ2) is 3.68. The molecular weight excluding hydrogens is 133 g/mol. The Labute approximate surface area is 52.7 Å². The number of rotatable bonds is 1. The average Bonchev–Trinajstić information content (AvgIpc) is 1.35. The lowest BCUT2D eigenvalue weighted by Crippen LogP contribution is -1.78. The monoisotopic (exact) mass is 138 g/mol. The van der Waals surface area contributed by atoms with E-state index in [1.807, 2.05) is 0 Å². The van der Waals surface area contributed by atoms with Crippen molar-refractivity contribution in [2.24, 2.45) is 0 Å². The summed E-state index contributed by atoms with van der Waals surface area (Å²) in [5, 5.41) is 0. The maximum Gasteiger partial charge on any atom is 0.454 e. The van der Waals surface area contributed by atoms with E-state index in [1.54, 1.807) is 0 Å². The maximum atomic E-state index is 9.35.